The fourth-order valence-electron chi connectivity index (χ4n) is 1.41. The Balaban J connectivity index is 2.02. The van der Waals surface area contributed by atoms with Gasteiger partial charge in [-0.15, -0.1) is 11.3 Å². The molecule has 0 unspecified atom stereocenters. The van der Waals surface area contributed by atoms with Gasteiger partial charge in [-0.1, -0.05) is 18.5 Å². The van der Waals surface area contributed by atoms with Crippen LogP contribution in [0.2, 0.25) is 5.02 Å². The summed E-state index contributed by atoms with van der Waals surface area (Å²) in [6.45, 7) is 2.85. The monoisotopic (exact) mass is 330 g/mol. The second-order valence-corrected chi connectivity index (χ2v) is 5.80. The first kappa shape index (κ1) is 12.9. The minimum atomic E-state index is 0.726. The van der Waals surface area contributed by atoms with Gasteiger partial charge < -0.3 is 5.32 Å². The molecule has 0 bridgehead atoms. The maximum Gasteiger partial charge on any atom is 0.0926 e. The fourth-order valence-corrected chi connectivity index (χ4v) is 2.98. The predicted octanol–water partition coefficient (Wildman–Crippen LogP) is 4.73. The van der Waals surface area contributed by atoms with Crippen molar-refractivity contribution in [3.63, 3.8) is 0 Å². The first-order chi connectivity index (χ1) is 8.19. The first-order valence-corrected chi connectivity index (χ1v) is 7.36. The van der Waals surface area contributed by atoms with E-state index in [-0.39, 0.29) is 0 Å². The van der Waals surface area contributed by atoms with Gasteiger partial charge in [-0.2, -0.15) is 0 Å². The number of anilines is 1. The quantitative estimate of drug-likeness (QED) is 0.875. The smallest absolute Gasteiger partial charge is 0.0926 e. The molecular weight excluding hydrogens is 320 g/mol. The van der Waals surface area contributed by atoms with E-state index in [2.05, 4.69) is 38.5 Å². The molecule has 0 saturated carbocycles. The minimum Gasteiger partial charge on any atom is -0.378 e. The summed E-state index contributed by atoms with van der Waals surface area (Å²) in [4.78, 5) is 4.51. The standard InChI is InChI=1S/C12H12BrClN2S/c1-2-12-16-9(7-17-12)6-15-11-4-3-8(14)5-10(11)13/h3-5,7,15H,2,6H2,1H3. The maximum absolute atomic E-state index is 5.89. The van der Waals surface area contributed by atoms with Gasteiger partial charge >= 0.3 is 0 Å². The summed E-state index contributed by atoms with van der Waals surface area (Å²) >= 11 is 11.1. The Bertz CT molecular complexity index is 513. The van der Waals surface area contributed by atoms with Crippen molar-refractivity contribution in [2.45, 2.75) is 19.9 Å². The summed E-state index contributed by atoms with van der Waals surface area (Å²) in [5.41, 5.74) is 2.11. The van der Waals surface area contributed by atoms with E-state index in [0.717, 1.165) is 33.8 Å². The molecule has 0 fully saturated rings. The molecule has 1 N–H and O–H groups in total. The minimum absolute atomic E-state index is 0.726. The lowest BCUT2D eigenvalue weighted by Gasteiger charge is -2.07. The topological polar surface area (TPSA) is 24.9 Å². The van der Waals surface area contributed by atoms with Crippen LogP contribution < -0.4 is 5.32 Å². The lowest BCUT2D eigenvalue weighted by atomic mass is 10.3. The number of hydrogen-bond donors (Lipinski definition) is 1. The van der Waals surface area contributed by atoms with Crippen molar-refractivity contribution in [3.8, 4) is 0 Å². The fraction of sp³-hybridized carbons (Fsp3) is 0.250. The van der Waals surface area contributed by atoms with Crippen molar-refractivity contribution in [1.82, 2.24) is 4.98 Å². The molecule has 1 aromatic heterocycles. The normalized spacial score (nSPS) is 10.5. The molecule has 0 amide bonds. The van der Waals surface area contributed by atoms with E-state index >= 15 is 0 Å². The maximum atomic E-state index is 5.89. The number of halogens is 2. The van der Waals surface area contributed by atoms with E-state index in [0.29, 0.717) is 0 Å². The summed E-state index contributed by atoms with van der Waals surface area (Å²) in [5, 5.41) is 7.33. The van der Waals surface area contributed by atoms with E-state index < -0.39 is 0 Å². The zero-order valence-corrected chi connectivity index (χ0v) is 12.5. The Kier molecular flexibility index (Phi) is 4.42. The highest BCUT2D eigenvalue weighted by Crippen LogP contribution is 2.26. The van der Waals surface area contributed by atoms with Gasteiger partial charge in [-0.05, 0) is 40.5 Å². The number of aromatic nitrogens is 1. The lowest BCUT2D eigenvalue weighted by molar-refractivity contribution is 1.01. The van der Waals surface area contributed by atoms with Crippen LogP contribution >= 0.6 is 38.9 Å². The molecule has 2 aromatic rings. The third-order valence-corrected chi connectivity index (χ3v) is 4.23. The van der Waals surface area contributed by atoms with E-state index in [1.165, 1.54) is 5.01 Å². The molecule has 0 aliphatic heterocycles. The van der Waals surface area contributed by atoms with Crippen molar-refractivity contribution in [2.24, 2.45) is 0 Å². The van der Waals surface area contributed by atoms with Crippen molar-refractivity contribution < 1.29 is 0 Å². The molecule has 2 rings (SSSR count). The summed E-state index contributed by atoms with van der Waals surface area (Å²) in [7, 11) is 0. The van der Waals surface area contributed by atoms with Crippen molar-refractivity contribution in [3.05, 3.63) is 43.8 Å². The van der Waals surface area contributed by atoms with Crippen LogP contribution in [0.1, 0.15) is 17.6 Å². The van der Waals surface area contributed by atoms with Crippen molar-refractivity contribution >= 4 is 44.6 Å². The van der Waals surface area contributed by atoms with Crippen LogP contribution in [0.5, 0.6) is 0 Å². The highest BCUT2D eigenvalue weighted by molar-refractivity contribution is 9.10. The van der Waals surface area contributed by atoms with Crippen LogP contribution in [0.4, 0.5) is 5.69 Å². The Hall–Kier alpha value is -0.580. The summed E-state index contributed by atoms with van der Waals surface area (Å²) in [5.74, 6) is 0. The van der Waals surface area contributed by atoms with Gasteiger partial charge in [-0.3, -0.25) is 0 Å². The van der Waals surface area contributed by atoms with Crippen LogP contribution in [0.25, 0.3) is 0 Å². The third-order valence-electron chi connectivity index (χ3n) is 2.29. The summed E-state index contributed by atoms with van der Waals surface area (Å²) in [6, 6.07) is 5.70. The number of aryl methyl sites for hydroxylation is 1. The summed E-state index contributed by atoms with van der Waals surface area (Å²) < 4.78 is 0.968. The molecule has 0 spiro atoms. The first-order valence-electron chi connectivity index (χ1n) is 5.31. The molecule has 1 heterocycles. The van der Waals surface area contributed by atoms with Crippen LogP contribution in [-0.2, 0) is 13.0 Å². The Labute approximate surface area is 118 Å². The van der Waals surface area contributed by atoms with Gasteiger partial charge in [0.15, 0.2) is 0 Å². The number of thiazole rings is 1. The Morgan fingerprint density at radius 2 is 2.29 bits per heavy atom. The van der Waals surface area contributed by atoms with Crippen LogP contribution in [0.15, 0.2) is 28.1 Å². The number of nitrogens with one attached hydrogen (secondary N) is 1. The number of hydrogen-bond acceptors (Lipinski definition) is 3. The number of benzene rings is 1. The van der Waals surface area contributed by atoms with E-state index in [1.54, 1.807) is 11.3 Å². The zero-order chi connectivity index (χ0) is 12.3. The predicted molar refractivity (Wildman–Crippen MR) is 78.0 cm³/mol. The molecule has 2 nitrogen and oxygen atoms in total. The molecular formula is C12H12BrClN2S. The lowest BCUT2D eigenvalue weighted by Crippen LogP contribution is -2.00. The molecule has 0 saturated heterocycles. The second-order valence-electron chi connectivity index (χ2n) is 3.56. The van der Waals surface area contributed by atoms with Gasteiger partial charge in [0.05, 0.1) is 17.2 Å². The van der Waals surface area contributed by atoms with Gasteiger partial charge in [0, 0.05) is 20.6 Å². The number of nitrogens with zero attached hydrogens (tertiary/aromatic N) is 1. The van der Waals surface area contributed by atoms with E-state index in [1.807, 2.05) is 18.2 Å². The van der Waals surface area contributed by atoms with Crippen LogP contribution in [0, 0.1) is 0 Å². The van der Waals surface area contributed by atoms with Gasteiger partial charge in [-0.25, -0.2) is 4.98 Å². The van der Waals surface area contributed by atoms with E-state index in [4.69, 9.17) is 11.6 Å². The van der Waals surface area contributed by atoms with Crippen molar-refractivity contribution in [1.29, 1.82) is 0 Å². The van der Waals surface area contributed by atoms with Gasteiger partial charge in [0.2, 0.25) is 0 Å². The molecule has 17 heavy (non-hydrogen) atoms. The molecule has 0 aliphatic rings. The molecule has 0 radical (unpaired) electrons. The Morgan fingerprint density at radius 1 is 1.47 bits per heavy atom. The highest BCUT2D eigenvalue weighted by Gasteiger charge is 2.03. The average molecular weight is 332 g/mol. The molecule has 1 aromatic carbocycles. The van der Waals surface area contributed by atoms with Gasteiger partial charge in [0.1, 0.15) is 0 Å². The third kappa shape index (κ3) is 3.44. The van der Waals surface area contributed by atoms with Crippen molar-refractivity contribution in [2.75, 3.05) is 5.32 Å². The molecule has 0 aliphatic carbocycles. The van der Waals surface area contributed by atoms with Crippen LogP contribution in [0.3, 0.4) is 0 Å². The highest BCUT2D eigenvalue weighted by atomic mass is 79.9. The SMILES string of the molecule is CCc1nc(CNc2ccc(Cl)cc2Br)cs1. The molecule has 90 valence electrons. The zero-order valence-electron chi connectivity index (χ0n) is 9.34. The number of rotatable bonds is 4. The average Bonchev–Trinajstić information content (AvgIpc) is 2.76. The van der Waals surface area contributed by atoms with E-state index in [9.17, 15) is 0 Å². The molecule has 5 heteroatoms. The molecule has 0 atom stereocenters. The Morgan fingerprint density at radius 3 is 2.94 bits per heavy atom. The summed E-state index contributed by atoms with van der Waals surface area (Å²) in [6.07, 6.45) is 0.995. The largest absolute Gasteiger partial charge is 0.378 e. The second kappa shape index (κ2) is 5.85. The van der Waals surface area contributed by atoms with Gasteiger partial charge in [0.25, 0.3) is 0 Å². The van der Waals surface area contributed by atoms with Crippen LogP contribution in [-0.4, -0.2) is 4.98 Å².